The number of fused-ring (bicyclic) bond motifs is 2. The summed E-state index contributed by atoms with van der Waals surface area (Å²) in [7, 11) is 1.72. The molecule has 51 heavy (non-hydrogen) atoms. The van der Waals surface area contributed by atoms with E-state index in [0.717, 1.165) is 20.4 Å². The lowest BCUT2D eigenvalue weighted by molar-refractivity contribution is -0.144. The molecule has 6 rings (SSSR count). The Morgan fingerprint density at radius 3 is 1.63 bits per heavy atom. The summed E-state index contributed by atoms with van der Waals surface area (Å²) >= 11 is 23.7. The first kappa shape index (κ1) is 37.3. The Morgan fingerprint density at radius 2 is 1.14 bits per heavy atom. The van der Waals surface area contributed by atoms with Crippen molar-refractivity contribution in [2.45, 2.75) is 12.4 Å². The van der Waals surface area contributed by atoms with Gasteiger partial charge in [-0.15, -0.1) is 0 Å². The molecule has 2 aromatic carbocycles. The van der Waals surface area contributed by atoms with Gasteiger partial charge in [0, 0.05) is 47.0 Å². The molecule has 12 nitrogen and oxygen atoms in total. The van der Waals surface area contributed by atoms with Gasteiger partial charge in [0.05, 0.1) is 10.0 Å². The van der Waals surface area contributed by atoms with Crippen LogP contribution in [0.2, 0.25) is 20.1 Å². The number of rotatable bonds is 3. The average molecular weight is 802 g/mol. The maximum absolute atomic E-state index is 13.0. The van der Waals surface area contributed by atoms with Gasteiger partial charge in [0.25, 0.3) is 11.1 Å². The number of aromatic nitrogens is 4. The van der Waals surface area contributed by atoms with E-state index >= 15 is 0 Å². The number of aromatic carboxylic acids is 1. The highest BCUT2D eigenvalue weighted by atomic mass is 35.5. The first-order chi connectivity index (χ1) is 23.5. The van der Waals surface area contributed by atoms with Crippen LogP contribution in [0.15, 0.2) is 70.7 Å². The van der Waals surface area contributed by atoms with E-state index in [1.165, 1.54) is 24.3 Å². The van der Waals surface area contributed by atoms with E-state index in [2.05, 4.69) is 0 Å². The van der Waals surface area contributed by atoms with Gasteiger partial charge in [-0.25, -0.2) is 23.5 Å². The van der Waals surface area contributed by atoms with E-state index in [1.54, 1.807) is 0 Å². The molecule has 0 unspecified atom stereocenters. The van der Waals surface area contributed by atoms with Gasteiger partial charge in [-0.1, -0.05) is 46.4 Å². The Kier molecular flexibility index (Phi) is 9.53. The quantitative estimate of drug-likeness (QED) is 0.190. The monoisotopic (exact) mass is 800 g/mol. The number of hydrogen-bond acceptors (Lipinski definition) is 7. The van der Waals surface area contributed by atoms with Crippen LogP contribution < -0.4 is 22.5 Å². The summed E-state index contributed by atoms with van der Waals surface area (Å²) in [5, 5.41) is 9.73. The summed E-state index contributed by atoms with van der Waals surface area (Å²) in [6.45, 7) is 0. The number of carbonyl (C=O) groups is 1. The number of nitrogens with zero attached hydrogens (tertiary/aromatic N) is 4. The molecule has 0 bridgehead atoms. The average Bonchev–Trinajstić information content (AvgIpc) is 3.59. The lowest BCUT2D eigenvalue weighted by Crippen LogP contribution is -2.41. The number of carboxylic acid groups (broad SMARTS) is 1. The van der Waals surface area contributed by atoms with Crippen molar-refractivity contribution in [1.29, 1.82) is 0 Å². The number of benzene rings is 2. The summed E-state index contributed by atoms with van der Waals surface area (Å²) in [5.41, 5.74) is -8.63. The molecular formula is C29H14Cl4F6N4O8. The molecule has 0 spiro atoms. The summed E-state index contributed by atoms with van der Waals surface area (Å²) in [6.07, 6.45) is -8.74. The van der Waals surface area contributed by atoms with Crippen molar-refractivity contribution in [3.05, 3.63) is 122 Å². The summed E-state index contributed by atoms with van der Waals surface area (Å²) in [5.74, 6) is -2.52. The van der Waals surface area contributed by atoms with Crippen molar-refractivity contribution < 1.29 is 45.1 Å². The zero-order valence-corrected chi connectivity index (χ0v) is 27.9. The fourth-order valence-electron chi connectivity index (χ4n) is 4.92. The standard InChI is InChI=1S/C15H7Cl2F3N2O5.C14H7Cl2F3N2O3/c1-21-8(15(18,19)20)4-9(23)22(14(21)26)10-6-2-5(16)3-7(17)11(6)27-12(10)13(24)25;1-20-10(14(17,18)19)4-11(22)21(13(20)23)9-5-24-12-7(9)2-6(15)3-8(12)16/h2-4H,1H3,(H,24,25);2-5H,1H3. The summed E-state index contributed by atoms with van der Waals surface area (Å²) < 4.78 is 89.3. The molecular weight excluding hydrogens is 788 g/mol. The number of carboxylic acids is 1. The Bertz CT molecular complexity index is 2670. The van der Waals surface area contributed by atoms with Crippen LogP contribution in [0.4, 0.5) is 26.3 Å². The number of hydrogen-bond donors (Lipinski definition) is 1. The highest BCUT2D eigenvalue weighted by molar-refractivity contribution is 6.39. The second-order valence-corrected chi connectivity index (χ2v) is 12.0. The molecule has 268 valence electrons. The van der Waals surface area contributed by atoms with Crippen LogP contribution in [0, 0.1) is 0 Å². The van der Waals surface area contributed by atoms with Crippen molar-refractivity contribution in [3.63, 3.8) is 0 Å². The largest absolute Gasteiger partial charge is 0.475 e. The molecule has 4 aromatic heterocycles. The fraction of sp³-hybridized carbons (Fsp3) is 0.138. The zero-order chi connectivity index (χ0) is 38.1. The predicted molar refractivity (Wildman–Crippen MR) is 171 cm³/mol. The van der Waals surface area contributed by atoms with E-state index in [1.807, 2.05) is 0 Å². The third kappa shape index (κ3) is 6.66. The van der Waals surface area contributed by atoms with Gasteiger partial charge in [-0.05, 0) is 24.3 Å². The van der Waals surface area contributed by atoms with E-state index < -0.39 is 63.7 Å². The molecule has 0 aliphatic rings. The van der Waals surface area contributed by atoms with Crippen LogP contribution in [0.1, 0.15) is 21.9 Å². The maximum atomic E-state index is 13.0. The first-order valence-corrected chi connectivity index (χ1v) is 14.9. The molecule has 0 aliphatic carbocycles. The molecule has 0 aliphatic heterocycles. The Morgan fingerprint density at radius 1 is 0.686 bits per heavy atom. The Balaban J connectivity index is 0.000000199. The van der Waals surface area contributed by atoms with Gasteiger partial charge >= 0.3 is 29.7 Å². The lowest BCUT2D eigenvalue weighted by Gasteiger charge is -2.13. The van der Waals surface area contributed by atoms with Gasteiger partial charge < -0.3 is 13.9 Å². The third-order valence-electron chi connectivity index (χ3n) is 7.14. The van der Waals surface area contributed by atoms with E-state index in [0.29, 0.717) is 15.2 Å². The van der Waals surface area contributed by atoms with Gasteiger partial charge in [-0.2, -0.15) is 26.3 Å². The van der Waals surface area contributed by atoms with Gasteiger partial charge in [-0.3, -0.25) is 18.7 Å². The minimum absolute atomic E-state index is 0.0308. The molecule has 4 heterocycles. The summed E-state index contributed by atoms with van der Waals surface area (Å²) in [4.78, 5) is 60.7. The second-order valence-electron chi connectivity index (χ2n) is 10.3. The SMILES string of the molecule is Cn1c(C(F)(F)F)cc(=O)n(-c2c(C(=O)O)oc3c(Cl)cc(Cl)cc23)c1=O.Cn1c(C(F)(F)F)cc(=O)n(-c2coc3c(Cl)cc(Cl)cc23)c1=O. The molecule has 1 N–H and O–H groups in total. The molecule has 0 radical (unpaired) electrons. The molecule has 0 fully saturated rings. The van der Waals surface area contributed by atoms with Crippen LogP contribution in [0.5, 0.6) is 0 Å². The van der Waals surface area contributed by atoms with Crippen molar-refractivity contribution >= 4 is 74.3 Å². The Labute approximate surface area is 296 Å². The first-order valence-electron chi connectivity index (χ1n) is 13.4. The number of alkyl halides is 6. The zero-order valence-electron chi connectivity index (χ0n) is 24.9. The van der Waals surface area contributed by atoms with Crippen LogP contribution in [-0.4, -0.2) is 29.3 Å². The van der Waals surface area contributed by atoms with Crippen LogP contribution in [-0.2, 0) is 26.4 Å². The molecule has 0 amide bonds. The predicted octanol–water partition coefficient (Wildman–Crippen LogP) is 6.91. The van der Waals surface area contributed by atoms with Gasteiger partial charge in [0.2, 0.25) is 5.76 Å². The minimum Gasteiger partial charge on any atom is -0.475 e. The normalized spacial score (nSPS) is 12.0. The topological polar surface area (TPSA) is 152 Å². The fourth-order valence-corrected chi connectivity index (χ4v) is 5.99. The highest BCUT2D eigenvalue weighted by Gasteiger charge is 2.37. The molecule has 6 aromatic rings. The van der Waals surface area contributed by atoms with Crippen molar-refractivity contribution in [1.82, 2.24) is 18.3 Å². The Hall–Kier alpha value is -4.91. The van der Waals surface area contributed by atoms with Crippen molar-refractivity contribution in [2.24, 2.45) is 14.1 Å². The minimum atomic E-state index is -4.97. The van der Waals surface area contributed by atoms with E-state index in [9.17, 15) is 55.4 Å². The smallest absolute Gasteiger partial charge is 0.431 e. The number of furan rings is 2. The highest BCUT2D eigenvalue weighted by Crippen LogP contribution is 2.36. The molecule has 22 heteroatoms. The van der Waals surface area contributed by atoms with Crippen molar-refractivity contribution in [3.8, 4) is 11.4 Å². The van der Waals surface area contributed by atoms with Crippen molar-refractivity contribution in [2.75, 3.05) is 0 Å². The third-order valence-corrected chi connectivity index (χ3v) is 8.13. The molecule has 0 saturated heterocycles. The van der Waals surface area contributed by atoms with Crippen LogP contribution in [0.3, 0.4) is 0 Å². The van der Waals surface area contributed by atoms with Gasteiger partial charge in [0.15, 0.2) is 11.2 Å². The van der Waals surface area contributed by atoms with Crippen LogP contribution >= 0.6 is 46.4 Å². The molecule has 0 atom stereocenters. The van der Waals surface area contributed by atoms with Crippen LogP contribution in [0.25, 0.3) is 33.3 Å². The van der Waals surface area contributed by atoms with E-state index in [4.69, 9.17) is 55.2 Å². The van der Waals surface area contributed by atoms with E-state index in [-0.39, 0.29) is 62.9 Å². The lowest BCUT2D eigenvalue weighted by atomic mass is 10.2. The number of halogens is 10. The maximum Gasteiger partial charge on any atom is 0.431 e. The summed E-state index contributed by atoms with van der Waals surface area (Å²) in [6, 6.07) is 5.72. The second kappa shape index (κ2) is 13.0. The molecule has 0 saturated carbocycles. The van der Waals surface area contributed by atoms with Gasteiger partial charge in [0.1, 0.15) is 29.0 Å².